The van der Waals surface area contributed by atoms with Gasteiger partial charge < -0.3 is 0 Å². The zero-order valence-electron chi connectivity index (χ0n) is 10.8. The van der Waals surface area contributed by atoms with Crippen molar-refractivity contribution in [3.63, 3.8) is 0 Å². The molecule has 0 bridgehead atoms. The van der Waals surface area contributed by atoms with E-state index in [2.05, 4.69) is 52.0 Å². The van der Waals surface area contributed by atoms with Gasteiger partial charge in [-0.1, -0.05) is 18.2 Å². The summed E-state index contributed by atoms with van der Waals surface area (Å²) in [4.78, 5) is 0. The third-order valence-electron chi connectivity index (χ3n) is 4.06. The fraction of sp³-hybridized carbons (Fsp3) is 0.250. The van der Waals surface area contributed by atoms with Crippen LogP contribution in [0.5, 0.6) is 0 Å². The zero-order chi connectivity index (χ0) is 12.2. The largest absolute Gasteiger partial charge is 0.247 e. The molecule has 1 heteroatoms. The van der Waals surface area contributed by atoms with Crippen LogP contribution in [0.3, 0.4) is 0 Å². The van der Waals surface area contributed by atoms with Gasteiger partial charge in [0.2, 0.25) is 0 Å². The van der Waals surface area contributed by atoms with Crippen LogP contribution < -0.4 is 5.32 Å². The molecule has 1 nitrogen and oxygen atoms in total. The lowest BCUT2D eigenvalue weighted by Gasteiger charge is -2.14. The molecule has 2 aromatic carbocycles. The Morgan fingerprint density at radius 1 is 0.765 bits per heavy atom. The van der Waals surface area contributed by atoms with E-state index >= 15 is 0 Å². The SMILES string of the molecule is Cc1c(C)c(C)c2c(c1C)[N]c1ccccc1-2. The highest BCUT2D eigenvalue weighted by Gasteiger charge is 2.25. The minimum atomic E-state index is 1.11. The van der Waals surface area contributed by atoms with Gasteiger partial charge in [-0.15, -0.1) is 0 Å². The smallest absolute Gasteiger partial charge is 0.0750 e. The molecule has 0 aromatic heterocycles. The monoisotopic (exact) mass is 222 g/mol. The molecule has 0 N–H and O–H groups in total. The van der Waals surface area contributed by atoms with Crippen molar-refractivity contribution in [2.75, 3.05) is 0 Å². The Hall–Kier alpha value is -1.76. The molecule has 0 spiro atoms. The maximum Gasteiger partial charge on any atom is 0.0750 e. The van der Waals surface area contributed by atoms with Gasteiger partial charge in [0.15, 0.2) is 0 Å². The Labute approximate surface area is 102 Å². The van der Waals surface area contributed by atoms with Crippen LogP contribution in [0.2, 0.25) is 0 Å². The maximum atomic E-state index is 4.78. The second-order valence-electron chi connectivity index (χ2n) is 4.85. The Morgan fingerprint density at radius 3 is 2.18 bits per heavy atom. The van der Waals surface area contributed by atoms with E-state index in [0.717, 1.165) is 5.69 Å². The zero-order valence-corrected chi connectivity index (χ0v) is 10.8. The third kappa shape index (κ3) is 1.25. The van der Waals surface area contributed by atoms with E-state index in [1.165, 1.54) is 39.1 Å². The van der Waals surface area contributed by atoms with Crippen LogP contribution in [0, 0.1) is 27.7 Å². The summed E-state index contributed by atoms with van der Waals surface area (Å²) in [6.45, 7) is 8.78. The van der Waals surface area contributed by atoms with Crippen molar-refractivity contribution in [3.8, 4) is 11.1 Å². The van der Waals surface area contributed by atoms with E-state index in [4.69, 9.17) is 5.32 Å². The van der Waals surface area contributed by atoms with Crippen LogP contribution in [0.15, 0.2) is 24.3 Å². The summed E-state index contributed by atoms with van der Waals surface area (Å²) in [5.41, 5.74) is 10.4. The van der Waals surface area contributed by atoms with Gasteiger partial charge in [-0.2, -0.15) is 0 Å². The van der Waals surface area contributed by atoms with Crippen molar-refractivity contribution in [1.29, 1.82) is 0 Å². The van der Waals surface area contributed by atoms with Crippen LogP contribution in [0.1, 0.15) is 22.3 Å². The Balaban J connectivity index is 2.41. The maximum absolute atomic E-state index is 4.78. The molecule has 1 heterocycles. The molecule has 0 aliphatic carbocycles. The van der Waals surface area contributed by atoms with Gasteiger partial charge in [0, 0.05) is 11.1 Å². The van der Waals surface area contributed by atoms with Crippen LogP contribution in [-0.2, 0) is 0 Å². The molecule has 2 aromatic rings. The first-order valence-electron chi connectivity index (χ1n) is 6.02. The van der Waals surface area contributed by atoms with Crippen molar-refractivity contribution in [1.82, 2.24) is 5.32 Å². The van der Waals surface area contributed by atoms with Crippen LogP contribution in [-0.4, -0.2) is 0 Å². The molecule has 0 atom stereocenters. The van der Waals surface area contributed by atoms with Crippen molar-refractivity contribution >= 4 is 11.4 Å². The Bertz CT molecular complexity index is 624. The van der Waals surface area contributed by atoms with Gasteiger partial charge in [0.25, 0.3) is 0 Å². The Kier molecular flexibility index (Phi) is 2.06. The first-order chi connectivity index (χ1) is 8.11. The predicted molar refractivity (Wildman–Crippen MR) is 72.3 cm³/mol. The third-order valence-corrected chi connectivity index (χ3v) is 4.06. The fourth-order valence-electron chi connectivity index (χ4n) is 2.67. The predicted octanol–water partition coefficient (Wildman–Crippen LogP) is 4.47. The van der Waals surface area contributed by atoms with E-state index in [1.807, 2.05) is 0 Å². The van der Waals surface area contributed by atoms with Crippen molar-refractivity contribution in [3.05, 3.63) is 46.5 Å². The lowest BCUT2D eigenvalue weighted by molar-refractivity contribution is 1.15. The second-order valence-corrected chi connectivity index (χ2v) is 4.85. The van der Waals surface area contributed by atoms with Crippen LogP contribution >= 0.6 is 0 Å². The van der Waals surface area contributed by atoms with E-state index < -0.39 is 0 Å². The first-order valence-corrected chi connectivity index (χ1v) is 6.02. The van der Waals surface area contributed by atoms with E-state index in [1.54, 1.807) is 0 Å². The van der Waals surface area contributed by atoms with Gasteiger partial charge in [0.05, 0.1) is 11.4 Å². The lowest BCUT2D eigenvalue weighted by Crippen LogP contribution is -1.96. The van der Waals surface area contributed by atoms with Crippen molar-refractivity contribution in [2.24, 2.45) is 0 Å². The Morgan fingerprint density at radius 2 is 1.41 bits per heavy atom. The highest BCUT2D eigenvalue weighted by molar-refractivity contribution is 5.94. The number of benzene rings is 2. The van der Waals surface area contributed by atoms with Crippen LogP contribution in [0.4, 0.5) is 11.4 Å². The summed E-state index contributed by atoms with van der Waals surface area (Å²) in [6.07, 6.45) is 0. The normalized spacial score (nSPS) is 12.0. The topological polar surface area (TPSA) is 14.1 Å². The molecule has 1 aliphatic heterocycles. The highest BCUT2D eigenvalue weighted by Crippen LogP contribution is 2.48. The van der Waals surface area contributed by atoms with E-state index in [0.29, 0.717) is 0 Å². The number of hydrogen-bond donors (Lipinski definition) is 0. The number of nitrogens with zero attached hydrogens (tertiary/aromatic N) is 1. The van der Waals surface area contributed by atoms with Crippen molar-refractivity contribution < 1.29 is 0 Å². The number of fused-ring (bicyclic) bond motifs is 3. The van der Waals surface area contributed by atoms with Gasteiger partial charge in [-0.25, -0.2) is 5.32 Å². The minimum absolute atomic E-state index is 1.11. The molecule has 1 radical (unpaired) electrons. The van der Waals surface area contributed by atoms with Gasteiger partial charge >= 0.3 is 0 Å². The molecule has 0 unspecified atom stereocenters. The number of hydrogen-bond acceptors (Lipinski definition) is 0. The average Bonchev–Trinajstić information content (AvgIpc) is 2.73. The quantitative estimate of drug-likeness (QED) is 0.533. The molecule has 17 heavy (non-hydrogen) atoms. The number of para-hydroxylation sites is 1. The molecule has 1 aliphatic rings. The summed E-state index contributed by atoms with van der Waals surface area (Å²) in [7, 11) is 0. The number of rotatable bonds is 0. The molecule has 3 rings (SSSR count). The van der Waals surface area contributed by atoms with Gasteiger partial charge in [0.1, 0.15) is 0 Å². The van der Waals surface area contributed by atoms with Crippen molar-refractivity contribution in [2.45, 2.75) is 27.7 Å². The molecule has 0 saturated heterocycles. The lowest BCUT2D eigenvalue weighted by atomic mass is 9.90. The molecular weight excluding hydrogens is 206 g/mol. The van der Waals surface area contributed by atoms with Crippen LogP contribution in [0.25, 0.3) is 11.1 Å². The fourth-order valence-corrected chi connectivity index (χ4v) is 2.67. The summed E-state index contributed by atoms with van der Waals surface area (Å²) in [5, 5.41) is 4.78. The molecular formula is C16H16N. The summed E-state index contributed by atoms with van der Waals surface area (Å²) in [6, 6.07) is 8.41. The molecule has 0 saturated carbocycles. The summed E-state index contributed by atoms with van der Waals surface area (Å²) < 4.78 is 0. The van der Waals surface area contributed by atoms with E-state index in [9.17, 15) is 0 Å². The molecule has 0 fully saturated rings. The minimum Gasteiger partial charge on any atom is -0.247 e. The second kappa shape index (κ2) is 3.36. The standard InChI is InChI=1S/C16H16N/c1-9-10(2)12(4)16-15(11(9)3)13-7-5-6-8-14(13)17-16/h5-8H,1-4H3. The summed E-state index contributed by atoms with van der Waals surface area (Å²) >= 11 is 0. The molecule has 85 valence electrons. The molecule has 0 amide bonds. The van der Waals surface area contributed by atoms with Gasteiger partial charge in [-0.05, 0) is 56.0 Å². The average molecular weight is 222 g/mol. The van der Waals surface area contributed by atoms with E-state index in [-0.39, 0.29) is 0 Å². The summed E-state index contributed by atoms with van der Waals surface area (Å²) in [5.74, 6) is 0. The highest BCUT2D eigenvalue weighted by atomic mass is 14.9. The van der Waals surface area contributed by atoms with Gasteiger partial charge in [-0.3, -0.25) is 0 Å². The first kappa shape index (κ1) is 10.4.